The smallest absolute Gasteiger partial charge is 0.380 e. The third kappa shape index (κ3) is 4.72. The van der Waals surface area contributed by atoms with Crippen LogP contribution in [0.5, 0.6) is 5.75 Å². The van der Waals surface area contributed by atoms with Gasteiger partial charge in [0.1, 0.15) is 18.4 Å². The van der Waals surface area contributed by atoms with E-state index in [1.54, 1.807) is 54.1 Å². The molecule has 4 aromatic rings. The van der Waals surface area contributed by atoms with E-state index in [0.29, 0.717) is 12.1 Å². The molecule has 0 spiro atoms. The van der Waals surface area contributed by atoms with E-state index in [-0.39, 0.29) is 5.75 Å². The zero-order chi connectivity index (χ0) is 21.8. The van der Waals surface area contributed by atoms with Gasteiger partial charge in [0.15, 0.2) is 0 Å². The molecule has 0 aliphatic heterocycles. The Balaban J connectivity index is 1.69. The quantitative estimate of drug-likeness (QED) is 0.466. The van der Waals surface area contributed by atoms with Crippen molar-refractivity contribution in [3.63, 3.8) is 0 Å². The van der Waals surface area contributed by atoms with E-state index in [9.17, 15) is 13.7 Å². The molecule has 2 aromatic carbocycles. The Bertz CT molecular complexity index is 1310. The number of nitriles is 1. The highest BCUT2D eigenvalue weighted by molar-refractivity contribution is 7.84. The van der Waals surface area contributed by atoms with Gasteiger partial charge in [-0.3, -0.25) is 5.01 Å². The molecule has 2 heterocycles. The van der Waals surface area contributed by atoms with Crippen LogP contribution in [-0.2, 0) is 16.8 Å². The van der Waals surface area contributed by atoms with Crippen LogP contribution in [0, 0.1) is 11.3 Å². The molecule has 10 nitrogen and oxygen atoms in total. The van der Waals surface area contributed by atoms with Gasteiger partial charge in [0.25, 0.3) is 0 Å². The van der Waals surface area contributed by atoms with Crippen LogP contribution in [0.25, 0.3) is 11.1 Å². The second kappa shape index (κ2) is 8.31. The standard InChI is InChI=1S/C20H16N6O4S/c21-10-16-3-4-18(9-20(16)17-7-8-29-12-17)26(25-13-23-24-14-25)11-15-1-5-19(6-2-15)30-31(22,27)28/h1-9,12-14H,11H2,(H2,22,27,28). The second-order valence-electron chi connectivity index (χ2n) is 6.47. The minimum absolute atomic E-state index is 0.114. The van der Waals surface area contributed by atoms with Gasteiger partial charge in [-0.25, -0.2) is 4.68 Å². The monoisotopic (exact) mass is 436 g/mol. The summed E-state index contributed by atoms with van der Waals surface area (Å²) in [6, 6.07) is 15.9. The van der Waals surface area contributed by atoms with Gasteiger partial charge in [-0.05, 0) is 42.0 Å². The van der Waals surface area contributed by atoms with Crippen molar-refractivity contribution in [3.8, 4) is 22.9 Å². The van der Waals surface area contributed by atoms with E-state index in [0.717, 1.165) is 22.4 Å². The minimum atomic E-state index is -4.09. The predicted molar refractivity (Wildman–Crippen MR) is 111 cm³/mol. The minimum Gasteiger partial charge on any atom is -0.472 e. The molecule has 2 aromatic heterocycles. The number of nitrogens with zero attached hydrogens (tertiary/aromatic N) is 5. The molecule has 0 amide bonds. The van der Waals surface area contributed by atoms with Crippen LogP contribution in [0.2, 0.25) is 0 Å². The zero-order valence-electron chi connectivity index (χ0n) is 16.0. The molecule has 0 unspecified atom stereocenters. The molecule has 0 saturated carbocycles. The van der Waals surface area contributed by atoms with E-state index in [1.807, 2.05) is 17.1 Å². The van der Waals surface area contributed by atoms with Gasteiger partial charge in [0, 0.05) is 11.1 Å². The highest BCUT2D eigenvalue weighted by Crippen LogP contribution is 2.30. The summed E-state index contributed by atoms with van der Waals surface area (Å²) in [5.41, 5.74) is 3.65. The lowest BCUT2D eigenvalue weighted by Crippen LogP contribution is -2.28. The summed E-state index contributed by atoms with van der Waals surface area (Å²) in [6.45, 7) is 0.393. The van der Waals surface area contributed by atoms with E-state index in [4.69, 9.17) is 9.56 Å². The Morgan fingerprint density at radius 2 is 1.87 bits per heavy atom. The van der Waals surface area contributed by atoms with Crippen molar-refractivity contribution in [2.75, 3.05) is 5.01 Å². The van der Waals surface area contributed by atoms with E-state index >= 15 is 0 Å². The fourth-order valence-corrected chi connectivity index (χ4v) is 3.41. The molecular formula is C20H16N6O4S. The number of furan rings is 1. The zero-order valence-corrected chi connectivity index (χ0v) is 16.8. The molecule has 11 heteroatoms. The fourth-order valence-electron chi connectivity index (χ4n) is 3.03. The first kappa shape index (κ1) is 20.1. The van der Waals surface area contributed by atoms with Crippen molar-refractivity contribution in [2.45, 2.75) is 6.54 Å². The van der Waals surface area contributed by atoms with Crippen molar-refractivity contribution in [2.24, 2.45) is 5.14 Å². The van der Waals surface area contributed by atoms with Crippen molar-refractivity contribution >= 4 is 16.0 Å². The summed E-state index contributed by atoms with van der Waals surface area (Å²) in [5, 5.41) is 24.0. The van der Waals surface area contributed by atoms with Crippen molar-refractivity contribution in [3.05, 3.63) is 84.8 Å². The highest BCUT2D eigenvalue weighted by atomic mass is 32.2. The van der Waals surface area contributed by atoms with Gasteiger partial charge >= 0.3 is 10.3 Å². The van der Waals surface area contributed by atoms with Crippen molar-refractivity contribution in [1.29, 1.82) is 5.26 Å². The van der Waals surface area contributed by atoms with Gasteiger partial charge < -0.3 is 8.60 Å². The Morgan fingerprint density at radius 3 is 2.48 bits per heavy atom. The molecule has 31 heavy (non-hydrogen) atoms. The number of anilines is 1. The maximum Gasteiger partial charge on any atom is 0.380 e. The molecule has 0 bridgehead atoms. The predicted octanol–water partition coefficient (Wildman–Crippen LogP) is 2.46. The maximum absolute atomic E-state index is 11.1. The lowest BCUT2D eigenvalue weighted by Gasteiger charge is -2.25. The summed E-state index contributed by atoms with van der Waals surface area (Å²) in [6.07, 6.45) is 6.22. The van der Waals surface area contributed by atoms with Crippen molar-refractivity contribution in [1.82, 2.24) is 14.9 Å². The number of hydrogen-bond donors (Lipinski definition) is 1. The molecule has 0 aliphatic carbocycles. The highest BCUT2D eigenvalue weighted by Gasteiger charge is 2.15. The Morgan fingerprint density at radius 1 is 1.13 bits per heavy atom. The average Bonchev–Trinajstić information content (AvgIpc) is 3.46. The van der Waals surface area contributed by atoms with Crippen LogP contribution in [0.1, 0.15) is 11.1 Å². The van der Waals surface area contributed by atoms with Crippen LogP contribution in [0.4, 0.5) is 5.69 Å². The SMILES string of the molecule is N#Cc1ccc(N(Cc2ccc(OS(N)(=O)=O)cc2)n2cnnc2)cc1-c1ccoc1. The Hall–Kier alpha value is -4.14. The second-order valence-corrected chi connectivity index (χ2v) is 7.63. The van der Waals surface area contributed by atoms with Gasteiger partial charge in [-0.15, -0.1) is 10.2 Å². The topological polar surface area (TPSA) is 140 Å². The molecule has 4 rings (SSSR count). The Labute approximate surface area is 177 Å². The van der Waals surface area contributed by atoms with Crippen LogP contribution >= 0.6 is 0 Å². The maximum atomic E-state index is 11.1. The number of hydrogen-bond acceptors (Lipinski definition) is 8. The van der Waals surface area contributed by atoms with Gasteiger partial charge in [0.2, 0.25) is 0 Å². The average molecular weight is 436 g/mol. The van der Waals surface area contributed by atoms with Crippen molar-refractivity contribution < 1.29 is 17.0 Å². The van der Waals surface area contributed by atoms with Gasteiger partial charge in [-0.2, -0.15) is 18.8 Å². The first-order chi connectivity index (χ1) is 14.9. The van der Waals surface area contributed by atoms with E-state index in [1.165, 1.54) is 12.1 Å². The molecule has 0 radical (unpaired) electrons. The fraction of sp³-hybridized carbons (Fsp3) is 0.0500. The number of rotatable bonds is 7. The van der Waals surface area contributed by atoms with Crippen LogP contribution < -0.4 is 14.3 Å². The van der Waals surface area contributed by atoms with E-state index in [2.05, 4.69) is 20.4 Å². The summed E-state index contributed by atoms with van der Waals surface area (Å²) in [4.78, 5) is 0. The molecule has 0 saturated heterocycles. The van der Waals surface area contributed by atoms with E-state index < -0.39 is 10.3 Å². The molecule has 2 N–H and O–H groups in total. The van der Waals surface area contributed by atoms with Gasteiger partial charge in [-0.1, -0.05) is 12.1 Å². The molecule has 0 atom stereocenters. The van der Waals surface area contributed by atoms with Gasteiger partial charge in [0.05, 0.1) is 36.4 Å². The summed E-state index contributed by atoms with van der Waals surface area (Å²) >= 11 is 0. The molecular weight excluding hydrogens is 420 g/mol. The lowest BCUT2D eigenvalue weighted by molar-refractivity contribution is 0.487. The third-order valence-corrected chi connectivity index (χ3v) is 4.83. The van der Waals surface area contributed by atoms with Crippen LogP contribution in [0.15, 0.2) is 78.1 Å². The molecule has 0 fully saturated rings. The largest absolute Gasteiger partial charge is 0.472 e. The Kier molecular flexibility index (Phi) is 5.40. The summed E-state index contributed by atoms with van der Waals surface area (Å²) in [5.74, 6) is 0.114. The summed E-state index contributed by atoms with van der Waals surface area (Å²) in [7, 11) is -4.09. The first-order valence-corrected chi connectivity index (χ1v) is 10.4. The van der Waals surface area contributed by atoms with Crippen LogP contribution in [-0.4, -0.2) is 23.3 Å². The normalized spacial score (nSPS) is 11.1. The summed E-state index contributed by atoms with van der Waals surface area (Å²) < 4.78 is 33.7. The number of benzene rings is 2. The first-order valence-electron chi connectivity index (χ1n) is 8.93. The number of aromatic nitrogens is 3. The number of nitrogens with two attached hydrogens (primary N) is 1. The molecule has 156 valence electrons. The lowest BCUT2D eigenvalue weighted by atomic mass is 10.0. The third-order valence-electron chi connectivity index (χ3n) is 4.41. The van der Waals surface area contributed by atoms with Crippen LogP contribution in [0.3, 0.4) is 0 Å². The molecule has 0 aliphatic rings.